The molecule has 2 heterocycles. The van der Waals surface area contributed by atoms with Crippen LogP contribution in [0.2, 0.25) is 0 Å². The van der Waals surface area contributed by atoms with Crippen molar-refractivity contribution in [2.75, 3.05) is 13.6 Å². The molecule has 0 spiro atoms. The maximum atomic E-state index is 10.9. The lowest BCUT2D eigenvalue weighted by molar-refractivity contribution is -0.390. The average molecular weight is 224 g/mol. The molecule has 1 aromatic rings. The molecule has 1 N–H and O–H groups in total. The summed E-state index contributed by atoms with van der Waals surface area (Å²) in [7, 11) is 1.87. The van der Waals surface area contributed by atoms with Gasteiger partial charge in [0.1, 0.15) is 5.69 Å². The molecule has 0 saturated carbocycles. The van der Waals surface area contributed by atoms with E-state index in [0.29, 0.717) is 0 Å². The number of likely N-dealkylation sites (N-methyl/N-ethyl adjacent to an activating group) is 1. The molecule has 0 aromatic carbocycles. The van der Waals surface area contributed by atoms with Crippen molar-refractivity contribution in [3.8, 4) is 0 Å². The zero-order chi connectivity index (χ0) is 11.7. The molecule has 2 rings (SSSR count). The molecule has 88 valence electrons. The second-order valence-electron chi connectivity index (χ2n) is 4.17. The number of fused-ring (bicyclic) bond motifs is 1. The average Bonchev–Trinajstić information content (AvgIpc) is 2.58. The summed E-state index contributed by atoms with van der Waals surface area (Å²) in [4.78, 5) is 14.6. The molecule has 0 saturated heterocycles. The molecule has 1 atom stereocenters. The topological polar surface area (TPSA) is 73.0 Å². The first-order valence-electron chi connectivity index (χ1n) is 5.51. The van der Waals surface area contributed by atoms with Crippen LogP contribution in [-0.2, 0) is 6.54 Å². The predicted octanol–water partition coefficient (Wildman–Crippen LogP) is 1.20. The van der Waals surface area contributed by atoms with Crippen molar-refractivity contribution in [1.29, 1.82) is 0 Å². The molecule has 1 unspecified atom stereocenters. The van der Waals surface area contributed by atoms with Crippen molar-refractivity contribution in [3.05, 3.63) is 21.6 Å². The van der Waals surface area contributed by atoms with Crippen LogP contribution in [-0.4, -0.2) is 28.1 Å². The minimum absolute atomic E-state index is 0.0393. The van der Waals surface area contributed by atoms with Gasteiger partial charge in [-0.25, -0.2) is 0 Å². The van der Waals surface area contributed by atoms with E-state index in [1.807, 2.05) is 18.5 Å². The van der Waals surface area contributed by atoms with E-state index in [2.05, 4.69) is 10.3 Å². The van der Waals surface area contributed by atoms with E-state index in [1.165, 1.54) is 0 Å². The Morgan fingerprint density at radius 2 is 2.44 bits per heavy atom. The van der Waals surface area contributed by atoms with Crippen molar-refractivity contribution in [3.63, 3.8) is 0 Å². The molecular formula is C10H16N4O2. The largest absolute Gasteiger partial charge is 0.385 e. The number of aryl methyl sites for hydroxylation is 1. The summed E-state index contributed by atoms with van der Waals surface area (Å²) < 4.78 is 1.99. The van der Waals surface area contributed by atoms with E-state index in [9.17, 15) is 10.1 Å². The molecule has 0 amide bonds. The van der Waals surface area contributed by atoms with Crippen molar-refractivity contribution < 1.29 is 4.92 Å². The van der Waals surface area contributed by atoms with Gasteiger partial charge in [0, 0.05) is 25.9 Å². The Bertz CT molecular complexity index is 413. The highest BCUT2D eigenvalue weighted by atomic mass is 16.6. The van der Waals surface area contributed by atoms with Crippen LogP contribution in [0.15, 0.2) is 0 Å². The van der Waals surface area contributed by atoms with Gasteiger partial charge in [-0.15, -0.1) is 0 Å². The van der Waals surface area contributed by atoms with Gasteiger partial charge in [0.05, 0.1) is 0 Å². The van der Waals surface area contributed by atoms with E-state index in [4.69, 9.17) is 0 Å². The fraction of sp³-hybridized carbons (Fsp3) is 0.700. The SMILES string of the molecule is CNCC1CCCn2c(C)nc([N+](=O)[O-])c21. The zero-order valence-electron chi connectivity index (χ0n) is 9.56. The van der Waals surface area contributed by atoms with Crippen LogP contribution in [0.4, 0.5) is 5.82 Å². The highest BCUT2D eigenvalue weighted by molar-refractivity contribution is 5.34. The second-order valence-corrected chi connectivity index (χ2v) is 4.17. The van der Waals surface area contributed by atoms with Crippen LogP contribution in [0.3, 0.4) is 0 Å². The number of aromatic nitrogens is 2. The van der Waals surface area contributed by atoms with E-state index >= 15 is 0 Å². The van der Waals surface area contributed by atoms with Crippen LogP contribution in [0, 0.1) is 17.0 Å². The summed E-state index contributed by atoms with van der Waals surface area (Å²) in [6.07, 6.45) is 2.06. The fourth-order valence-electron chi connectivity index (χ4n) is 2.46. The molecule has 0 radical (unpaired) electrons. The molecule has 1 aromatic heterocycles. The maximum absolute atomic E-state index is 10.9. The van der Waals surface area contributed by atoms with E-state index < -0.39 is 0 Å². The smallest absolute Gasteiger partial charge is 0.358 e. The number of hydrogen-bond acceptors (Lipinski definition) is 4. The highest BCUT2D eigenvalue weighted by Gasteiger charge is 2.33. The Hall–Kier alpha value is -1.43. The summed E-state index contributed by atoms with van der Waals surface area (Å²) in [5.74, 6) is 1.00. The quantitative estimate of drug-likeness (QED) is 0.618. The van der Waals surface area contributed by atoms with Gasteiger partial charge in [0.15, 0.2) is 0 Å². The van der Waals surface area contributed by atoms with Gasteiger partial charge in [0.25, 0.3) is 0 Å². The summed E-state index contributed by atoms with van der Waals surface area (Å²) in [5, 5.41) is 14.0. The molecule has 0 fully saturated rings. The minimum Gasteiger partial charge on any atom is -0.358 e. The molecule has 16 heavy (non-hydrogen) atoms. The summed E-state index contributed by atoms with van der Waals surface area (Å²) in [6.45, 7) is 3.45. The van der Waals surface area contributed by atoms with E-state index in [1.54, 1.807) is 0 Å². The Balaban J connectivity index is 2.47. The van der Waals surface area contributed by atoms with Gasteiger partial charge in [-0.2, -0.15) is 0 Å². The first-order chi connectivity index (χ1) is 7.65. The predicted molar refractivity (Wildman–Crippen MR) is 59.5 cm³/mol. The van der Waals surface area contributed by atoms with Gasteiger partial charge < -0.3 is 20.0 Å². The third-order valence-corrected chi connectivity index (χ3v) is 3.12. The monoisotopic (exact) mass is 224 g/mol. The van der Waals surface area contributed by atoms with Gasteiger partial charge in [0.2, 0.25) is 5.82 Å². The van der Waals surface area contributed by atoms with Crippen LogP contribution in [0.1, 0.15) is 30.3 Å². The Morgan fingerprint density at radius 3 is 3.06 bits per heavy atom. The number of nitrogens with zero attached hydrogens (tertiary/aromatic N) is 3. The first-order valence-corrected chi connectivity index (χ1v) is 5.51. The molecule has 1 aliphatic heterocycles. The van der Waals surface area contributed by atoms with E-state index in [0.717, 1.165) is 37.4 Å². The normalized spacial score (nSPS) is 19.5. The second kappa shape index (κ2) is 4.21. The third-order valence-electron chi connectivity index (χ3n) is 3.12. The molecule has 0 aliphatic carbocycles. The Labute approximate surface area is 93.8 Å². The summed E-state index contributed by atoms with van der Waals surface area (Å²) >= 11 is 0. The van der Waals surface area contributed by atoms with Crippen LogP contribution < -0.4 is 5.32 Å². The molecule has 0 bridgehead atoms. The van der Waals surface area contributed by atoms with Crippen molar-refractivity contribution in [2.45, 2.75) is 32.2 Å². The standard InChI is InChI=1S/C10H16N4O2/c1-7-12-10(14(15)16)9-8(6-11-2)4-3-5-13(7)9/h8,11H,3-6H2,1-2H3. The van der Waals surface area contributed by atoms with E-state index in [-0.39, 0.29) is 16.7 Å². The van der Waals surface area contributed by atoms with Crippen LogP contribution >= 0.6 is 0 Å². The number of imidazole rings is 1. The van der Waals surface area contributed by atoms with Crippen molar-refractivity contribution in [2.24, 2.45) is 0 Å². The lowest BCUT2D eigenvalue weighted by Gasteiger charge is -2.23. The third kappa shape index (κ3) is 1.69. The van der Waals surface area contributed by atoms with Crippen LogP contribution in [0.25, 0.3) is 0 Å². The maximum Gasteiger partial charge on any atom is 0.385 e. The highest BCUT2D eigenvalue weighted by Crippen LogP contribution is 2.34. The van der Waals surface area contributed by atoms with Gasteiger partial charge in [-0.1, -0.05) is 0 Å². The molecular weight excluding hydrogens is 208 g/mol. The molecule has 6 nitrogen and oxygen atoms in total. The minimum atomic E-state index is -0.368. The number of rotatable bonds is 3. The zero-order valence-corrected chi connectivity index (χ0v) is 9.56. The number of nitro groups is 1. The molecule has 1 aliphatic rings. The Morgan fingerprint density at radius 1 is 1.69 bits per heavy atom. The lowest BCUT2D eigenvalue weighted by Crippen LogP contribution is -2.25. The van der Waals surface area contributed by atoms with Gasteiger partial charge in [-0.05, 0) is 29.8 Å². The first kappa shape index (κ1) is 11.1. The number of hydrogen-bond donors (Lipinski definition) is 1. The number of nitrogens with one attached hydrogen (secondary N) is 1. The van der Waals surface area contributed by atoms with Gasteiger partial charge in [-0.3, -0.25) is 0 Å². The Kier molecular flexibility index (Phi) is 2.91. The fourth-order valence-corrected chi connectivity index (χ4v) is 2.46. The lowest BCUT2D eigenvalue weighted by atomic mass is 9.95. The van der Waals surface area contributed by atoms with Crippen molar-refractivity contribution >= 4 is 5.82 Å². The summed E-state index contributed by atoms with van der Waals surface area (Å²) in [5.41, 5.74) is 0.795. The van der Waals surface area contributed by atoms with Crippen LogP contribution in [0.5, 0.6) is 0 Å². The van der Waals surface area contributed by atoms with Gasteiger partial charge >= 0.3 is 5.82 Å². The summed E-state index contributed by atoms with van der Waals surface area (Å²) in [6, 6.07) is 0. The van der Waals surface area contributed by atoms with Crippen molar-refractivity contribution in [1.82, 2.24) is 14.9 Å². The molecule has 6 heteroatoms.